The van der Waals surface area contributed by atoms with Crippen LogP contribution in [0.5, 0.6) is 0 Å². The van der Waals surface area contributed by atoms with Crippen molar-refractivity contribution >= 4 is 51.5 Å². The van der Waals surface area contributed by atoms with Gasteiger partial charge in [0, 0.05) is 24.5 Å². The fourth-order valence-electron chi connectivity index (χ4n) is 1.96. The molecule has 0 spiro atoms. The molecule has 0 bridgehead atoms. The summed E-state index contributed by atoms with van der Waals surface area (Å²) in [5, 5.41) is 4.02. The second-order valence-electron chi connectivity index (χ2n) is 4.05. The number of anilines is 1. The van der Waals surface area contributed by atoms with Gasteiger partial charge in [-0.25, -0.2) is 9.97 Å². The van der Waals surface area contributed by atoms with Gasteiger partial charge in [0.25, 0.3) is 0 Å². The number of benzene rings is 1. The third kappa shape index (κ3) is 2.41. The number of rotatable bonds is 3. The summed E-state index contributed by atoms with van der Waals surface area (Å²) < 4.78 is 1.93. The third-order valence-corrected chi connectivity index (χ3v) is 4.41. The Kier molecular flexibility index (Phi) is 3.35. The maximum absolute atomic E-state index is 6.04. The number of aromatic nitrogens is 3. The van der Waals surface area contributed by atoms with Crippen molar-refractivity contribution in [2.24, 2.45) is 0 Å². The van der Waals surface area contributed by atoms with E-state index in [2.05, 4.69) is 9.97 Å². The van der Waals surface area contributed by atoms with Crippen molar-refractivity contribution in [2.75, 3.05) is 5.73 Å². The van der Waals surface area contributed by atoms with E-state index in [4.69, 9.17) is 28.9 Å². The molecule has 3 rings (SSSR count). The van der Waals surface area contributed by atoms with Crippen LogP contribution in [0.15, 0.2) is 23.7 Å². The Labute approximate surface area is 123 Å². The molecule has 98 valence electrons. The van der Waals surface area contributed by atoms with E-state index in [9.17, 15) is 0 Å². The molecule has 0 aliphatic rings. The predicted molar refractivity (Wildman–Crippen MR) is 80.0 cm³/mol. The molecule has 0 saturated carbocycles. The first-order valence-corrected chi connectivity index (χ1v) is 7.28. The summed E-state index contributed by atoms with van der Waals surface area (Å²) >= 11 is 13.7. The molecule has 2 N–H and O–H groups in total. The highest BCUT2D eigenvalue weighted by Crippen LogP contribution is 2.29. The van der Waals surface area contributed by atoms with Crippen LogP contribution in [-0.2, 0) is 13.0 Å². The van der Waals surface area contributed by atoms with Crippen LogP contribution in [0.3, 0.4) is 0 Å². The van der Waals surface area contributed by atoms with E-state index in [1.165, 1.54) is 0 Å². The molecule has 0 atom stereocenters. The number of halogens is 2. The van der Waals surface area contributed by atoms with Crippen molar-refractivity contribution < 1.29 is 0 Å². The highest BCUT2D eigenvalue weighted by molar-refractivity contribution is 7.09. The third-order valence-electron chi connectivity index (χ3n) is 2.85. The molecule has 2 heterocycles. The Bertz CT molecular complexity index is 721. The van der Waals surface area contributed by atoms with E-state index in [-0.39, 0.29) is 0 Å². The summed E-state index contributed by atoms with van der Waals surface area (Å²) in [6.07, 6.45) is 2.61. The fraction of sp³-hybridized carbons (Fsp3) is 0.167. The molecule has 0 saturated heterocycles. The molecule has 1 aromatic carbocycles. The number of aryl methyl sites for hydroxylation is 2. The lowest BCUT2D eigenvalue weighted by Gasteiger charge is -2.05. The van der Waals surface area contributed by atoms with Gasteiger partial charge in [-0.3, -0.25) is 0 Å². The molecule has 0 amide bonds. The summed E-state index contributed by atoms with van der Waals surface area (Å²) in [5.74, 6) is 0.463. The topological polar surface area (TPSA) is 56.7 Å². The zero-order valence-corrected chi connectivity index (χ0v) is 12.1. The molecule has 0 fully saturated rings. The van der Waals surface area contributed by atoms with Crippen LogP contribution in [0, 0.1) is 0 Å². The van der Waals surface area contributed by atoms with Gasteiger partial charge < -0.3 is 10.3 Å². The highest BCUT2D eigenvalue weighted by Gasteiger charge is 2.11. The summed E-state index contributed by atoms with van der Waals surface area (Å²) in [5.41, 5.74) is 7.59. The number of imidazole rings is 1. The number of nitrogens with zero attached hydrogens (tertiary/aromatic N) is 3. The first kappa shape index (κ1) is 12.7. The molecule has 0 unspecified atom stereocenters. The van der Waals surface area contributed by atoms with Gasteiger partial charge >= 0.3 is 0 Å². The zero-order chi connectivity index (χ0) is 13.4. The maximum Gasteiger partial charge on any atom is 0.201 e. The fourth-order valence-corrected chi connectivity index (χ4v) is 2.88. The molecule has 19 heavy (non-hydrogen) atoms. The summed E-state index contributed by atoms with van der Waals surface area (Å²) in [6, 6.07) is 3.53. The molecule has 3 aromatic rings. The molecule has 2 aromatic heterocycles. The van der Waals surface area contributed by atoms with Gasteiger partial charge in [-0.15, -0.1) is 11.3 Å². The standard InChI is InChI=1S/C12H10Cl2N4S/c13-7-5-9-10(6-8(7)14)18(12(15)17-9)3-1-11-16-2-4-19-11/h2,4-6H,1,3H2,(H2,15,17). The van der Waals surface area contributed by atoms with Crippen molar-refractivity contribution in [3.63, 3.8) is 0 Å². The van der Waals surface area contributed by atoms with Gasteiger partial charge in [0.15, 0.2) is 0 Å². The number of thiazole rings is 1. The molecule has 0 radical (unpaired) electrons. The number of hydrogen-bond acceptors (Lipinski definition) is 4. The first-order chi connectivity index (χ1) is 9.15. The number of hydrogen-bond donors (Lipinski definition) is 1. The van der Waals surface area contributed by atoms with Crippen molar-refractivity contribution in [1.82, 2.24) is 14.5 Å². The minimum atomic E-state index is 0.463. The molecule has 0 aliphatic heterocycles. The maximum atomic E-state index is 6.04. The lowest BCUT2D eigenvalue weighted by Crippen LogP contribution is -2.05. The highest BCUT2D eigenvalue weighted by atomic mass is 35.5. The SMILES string of the molecule is Nc1nc2cc(Cl)c(Cl)cc2n1CCc1nccs1. The number of nitrogen functional groups attached to an aromatic ring is 1. The van der Waals surface area contributed by atoms with Crippen molar-refractivity contribution in [1.29, 1.82) is 0 Å². The van der Waals surface area contributed by atoms with E-state index in [0.717, 1.165) is 22.5 Å². The lowest BCUT2D eigenvalue weighted by molar-refractivity contribution is 0.723. The average Bonchev–Trinajstić information content (AvgIpc) is 2.96. The Morgan fingerprint density at radius 1 is 1.26 bits per heavy atom. The number of nitrogens with two attached hydrogens (primary N) is 1. The van der Waals surface area contributed by atoms with Gasteiger partial charge in [-0.1, -0.05) is 23.2 Å². The Hall–Kier alpha value is -1.30. The first-order valence-electron chi connectivity index (χ1n) is 5.64. The minimum absolute atomic E-state index is 0.463. The van der Waals surface area contributed by atoms with Crippen LogP contribution >= 0.6 is 34.5 Å². The van der Waals surface area contributed by atoms with Crippen LogP contribution in [0.1, 0.15) is 5.01 Å². The summed E-state index contributed by atoms with van der Waals surface area (Å²) in [6.45, 7) is 0.716. The molecular formula is C12H10Cl2N4S. The normalized spacial score (nSPS) is 11.3. The van der Waals surface area contributed by atoms with Gasteiger partial charge in [0.05, 0.1) is 26.1 Å². The minimum Gasteiger partial charge on any atom is -0.369 e. The summed E-state index contributed by atoms with van der Waals surface area (Å²) in [7, 11) is 0. The van der Waals surface area contributed by atoms with E-state index < -0.39 is 0 Å². The van der Waals surface area contributed by atoms with Crippen molar-refractivity contribution in [2.45, 2.75) is 13.0 Å². The van der Waals surface area contributed by atoms with Crippen LogP contribution < -0.4 is 5.73 Å². The second kappa shape index (κ2) is 5.00. The van der Waals surface area contributed by atoms with E-state index in [1.807, 2.05) is 9.95 Å². The second-order valence-corrected chi connectivity index (χ2v) is 5.85. The van der Waals surface area contributed by atoms with Crippen LogP contribution in [-0.4, -0.2) is 14.5 Å². The number of fused-ring (bicyclic) bond motifs is 1. The van der Waals surface area contributed by atoms with Gasteiger partial charge in [0.2, 0.25) is 5.95 Å². The van der Waals surface area contributed by atoms with E-state index in [0.29, 0.717) is 22.5 Å². The van der Waals surface area contributed by atoms with Crippen molar-refractivity contribution in [3.05, 3.63) is 38.8 Å². The van der Waals surface area contributed by atoms with Crippen LogP contribution in [0.2, 0.25) is 10.0 Å². The smallest absolute Gasteiger partial charge is 0.201 e. The Morgan fingerprint density at radius 2 is 2.05 bits per heavy atom. The van der Waals surface area contributed by atoms with Crippen molar-refractivity contribution in [3.8, 4) is 0 Å². The quantitative estimate of drug-likeness (QED) is 0.803. The molecule has 0 aliphatic carbocycles. The van der Waals surface area contributed by atoms with Crippen LogP contribution in [0.4, 0.5) is 5.95 Å². The van der Waals surface area contributed by atoms with E-state index in [1.54, 1.807) is 29.7 Å². The van der Waals surface area contributed by atoms with Gasteiger partial charge in [0.1, 0.15) is 0 Å². The summed E-state index contributed by atoms with van der Waals surface area (Å²) in [4.78, 5) is 8.55. The predicted octanol–water partition coefficient (Wildman–Crippen LogP) is 3.62. The average molecular weight is 313 g/mol. The molecule has 4 nitrogen and oxygen atoms in total. The molecule has 7 heteroatoms. The lowest BCUT2D eigenvalue weighted by atomic mass is 10.3. The van der Waals surface area contributed by atoms with Gasteiger partial charge in [-0.05, 0) is 12.1 Å². The largest absolute Gasteiger partial charge is 0.369 e. The van der Waals surface area contributed by atoms with E-state index >= 15 is 0 Å². The van der Waals surface area contributed by atoms with Gasteiger partial charge in [-0.2, -0.15) is 0 Å². The monoisotopic (exact) mass is 312 g/mol. The molecular weight excluding hydrogens is 303 g/mol. The Balaban J connectivity index is 1.98. The van der Waals surface area contributed by atoms with Crippen LogP contribution in [0.25, 0.3) is 11.0 Å². The zero-order valence-electron chi connectivity index (χ0n) is 9.81. The Morgan fingerprint density at radius 3 is 2.79 bits per heavy atom.